The van der Waals surface area contributed by atoms with Crippen molar-refractivity contribution in [1.29, 1.82) is 0 Å². The van der Waals surface area contributed by atoms with E-state index in [1.165, 1.54) is 0 Å². The Kier molecular flexibility index (Phi) is 1.88. The summed E-state index contributed by atoms with van der Waals surface area (Å²) in [7, 11) is 0. The maximum atomic E-state index is 10.2. The molecule has 7 heteroatoms. The molecule has 0 bridgehead atoms. The first-order chi connectivity index (χ1) is 5.15. The fraction of sp³-hybridized carbons (Fsp3) is 1.00. The molecule has 1 unspecified atom stereocenters. The Morgan fingerprint density at radius 1 is 1.73 bits per heavy atom. The lowest BCUT2D eigenvalue weighted by Crippen LogP contribution is -2.33. The van der Waals surface area contributed by atoms with E-state index in [0.29, 0.717) is 6.54 Å². The smallest absolute Gasteiger partial charge is 0.169 e. The lowest BCUT2D eigenvalue weighted by atomic mass is 10.4. The van der Waals surface area contributed by atoms with E-state index in [1.54, 1.807) is 6.92 Å². The fourth-order valence-electron chi connectivity index (χ4n) is 1.04. The highest BCUT2D eigenvalue weighted by Gasteiger charge is 2.34. The summed E-state index contributed by atoms with van der Waals surface area (Å²) in [6, 6.07) is -0.248. The summed E-state index contributed by atoms with van der Waals surface area (Å²) in [5, 5.41) is 14.4. The lowest BCUT2D eigenvalue weighted by Gasteiger charge is -2.08. The van der Waals surface area contributed by atoms with Crippen LogP contribution in [-0.2, 0) is 0 Å². The average molecular weight is 160 g/mol. The summed E-state index contributed by atoms with van der Waals surface area (Å²) < 4.78 is 0. The van der Waals surface area contributed by atoms with Crippen LogP contribution in [0.2, 0.25) is 0 Å². The standard InChI is InChI=1S/C4H8N4O3/c1-4-2-6(5-9)3-7(4)8(10)11/h4H,2-3H2,1H3. The largest absolute Gasteiger partial charge is 0.235 e. The van der Waals surface area contributed by atoms with Crippen LogP contribution < -0.4 is 0 Å². The Hall–Kier alpha value is -1.40. The number of rotatable bonds is 2. The molecular weight excluding hydrogens is 152 g/mol. The van der Waals surface area contributed by atoms with Gasteiger partial charge in [-0.3, -0.25) is 0 Å². The van der Waals surface area contributed by atoms with Crippen molar-refractivity contribution in [1.82, 2.24) is 10.0 Å². The summed E-state index contributed by atoms with van der Waals surface area (Å²) in [4.78, 5) is 20.2. The number of hydrogen-bond donors (Lipinski definition) is 0. The van der Waals surface area contributed by atoms with Crippen molar-refractivity contribution in [2.45, 2.75) is 13.0 Å². The normalized spacial score (nSPS) is 23.9. The van der Waals surface area contributed by atoms with Crippen LogP contribution in [0, 0.1) is 15.0 Å². The van der Waals surface area contributed by atoms with Crippen LogP contribution in [0.3, 0.4) is 0 Å². The highest BCUT2D eigenvalue weighted by Crippen LogP contribution is 2.11. The highest BCUT2D eigenvalue weighted by atomic mass is 16.7. The maximum absolute atomic E-state index is 10.2. The van der Waals surface area contributed by atoms with Crippen LogP contribution in [0.15, 0.2) is 5.29 Å². The number of nitrogens with zero attached hydrogens (tertiary/aromatic N) is 4. The van der Waals surface area contributed by atoms with Gasteiger partial charge in [-0.1, -0.05) is 0 Å². The van der Waals surface area contributed by atoms with Crippen LogP contribution >= 0.6 is 0 Å². The quantitative estimate of drug-likeness (QED) is 0.318. The molecule has 0 radical (unpaired) electrons. The Labute approximate surface area is 62.6 Å². The third-order valence-electron chi connectivity index (χ3n) is 1.62. The summed E-state index contributed by atoms with van der Waals surface area (Å²) in [6.07, 6.45) is 0. The van der Waals surface area contributed by atoms with Crippen molar-refractivity contribution in [2.24, 2.45) is 5.29 Å². The van der Waals surface area contributed by atoms with Crippen molar-refractivity contribution in [3.05, 3.63) is 15.0 Å². The number of hydrazine groups is 1. The third-order valence-corrected chi connectivity index (χ3v) is 1.62. The summed E-state index contributed by atoms with van der Waals surface area (Å²) >= 11 is 0. The monoisotopic (exact) mass is 160 g/mol. The SMILES string of the molecule is CC1CN(N=O)CN1[N+](=O)[O-]. The predicted molar refractivity (Wildman–Crippen MR) is 35.7 cm³/mol. The van der Waals surface area contributed by atoms with Gasteiger partial charge in [0.2, 0.25) is 0 Å². The minimum Gasteiger partial charge on any atom is -0.235 e. The van der Waals surface area contributed by atoms with Gasteiger partial charge in [0, 0.05) is 0 Å². The van der Waals surface area contributed by atoms with Crippen molar-refractivity contribution in [3.8, 4) is 0 Å². The molecular formula is C4H8N4O3. The molecule has 0 spiro atoms. The molecule has 11 heavy (non-hydrogen) atoms. The van der Waals surface area contributed by atoms with Crippen molar-refractivity contribution < 1.29 is 5.03 Å². The van der Waals surface area contributed by atoms with Crippen LogP contribution in [0.4, 0.5) is 0 Å². The van der Waals surface area contributed by atoms with Gasteiger partial charge in [-0.15, -0.1) is 9.92 Å². The van der Waals surface area contributed by atoms with Crippen LogP contribution in [0.1, 0.15) is 6.92 Å². The lowest BCUT2D eigenvalue weighted by molar-refractivity contribution is -0.660. The molecule has 0 aliphatic carbocycles. The van der Waals surface area contributed by atoms with E-state index in [1.807, 2.05) is 0 Å². The van der Waals surface area contributed by atoms with Gasteiger partial charge in [-0.05, 0) is 6.92 Å². The van der Waals surface area contributed by atoms with E-state index < -0.39 is 5.03 Å². The predicted octanol–water partition coefficient (Wildman–Crippen LogP) is -0.177. The van der Waals surface area contributed by atoms with E-state index in [0.717, 1.165) is 10.0 Å². The second-order valence-electron chi connectivity index (χ2n) is 2.44. The van der Waals surface area contributed by atoms with E-state index >= 15 is 0 Å². The molecule has 0 amide bonds. The van der Waals surface area contributed by atoms with Gasteiger partial charge >= 0.3 is 0 Å². The zero-order valence-corrected chi connectivity index (χ0v) is 6.01. The van der Waals surface area contributed by atoms with Gasteiger partial charge in [0.1, 0.15) is 6.04 Å². The van der Waals surface area contributed by atoms with Gasteiger partial charge in [0.05, 0.1) is 11.8 Å². The highest BCUT2D eigenvalue weighted by molar-refractivity contribution is 4.70. The topological polar surface area (TPSA) is 79.0 Å². The summed E-state index contributed by atoms with van der Waals surface area (Å²) in [5.74, 6) is 0. The van der Waals surface area contributed by atoms with E-state index in [2.05, 4.69) is 5.29 Å². The molecule has 1 saturated heterocycles. The second kappa shape index (κ2) is 2.69. The molecule has 1 atom stereocenters. The molecule has 0 saturated carbocycles. The molecule has 62 valence electrons. The van der Waals surface area contributed by atoms with Crippen molar-refractivity contribution in [3.63, 3.8) is 0 Å². The minimum absolute atomic E-state index is 0.0162. The van der Waals surface area contributed by atoms with Crippen molar-refractivity contribution >= 4 is 0 Å². The van der Waals surface area contributed by atoms with E-state index in [9.17, 15) is 15.0 Å². The van der Waals surface area contributed by atoms with Crippen LogP contribution in [0.5, 0.6) is 0 Å². The molecule has 0 N–H and O–H groups in total. The number of nitro groups is 1. The van der Waals surface area contributed by atoms with E-state index in [4.69, 9.17) is 0 Å². The molecule has 1 aliphatic rings. The van der Waals surface area contributed by atoms with Gasteiger partial charge in [-0.25, -0.2) is 15.1 Å². The molecule has 0 aromatic carbocycles. The molecule has 1 heterocycles. The summed E-state index contributed by atoms with van der Waals surface area (Å²) in [5.41, 5.74) is 0. The van der Waals surface area contributed by atoms with Crippen molar-refractivity contribution in [2.75, 3.05) is 13.2 Å². The van der Waals surface area contributed by atoms with Gasteiger partial charge in [-0.2, -0.15) is 0 Å². The Balaban J connectivity index is 2.58. The molecule has 1 rings (SSSR count). The first-order valence-corrected chi connectivity index (χ1v) is 3.14. The Bertz CT molecular complexity index is 184. The van der Waals surface area contributed by atoms with Gasteiger partial charge in [0.15, 0.2) is 11.7 Å². The first kappa shape index (κ1) is 7.70. The first-order valence-electron chi connectivity index (χ1n) is 3.14. The second-order valence-corrected chi connectivity index (χ2v) is 2.44. The van der Waals surface area contributed by atoms with E-state index in [-0.39, 0.29) is 12.7 Å². The van der Waals surface area contributed by atoms with Gasteiger partial charge < -0.3 is 0 Å². The zero-order valence-electron chi connectivity index (χ0n) is 6.01. The summed E-state index contributed by atoms with van der Waals surface area (Å²) in [6.45, 7) is 1.98. The van der Waals surface area contributed by atoms with Crippen LogP contribution in [0.25, 0.3) is 0 Å². The maximum Gasteiger partial charge on any atom is 0.169 e. The Morgan fingerprint density at radius 2 is 2.36 bits per heavy atom. The number of nitroso groups, excluding NO2 is 1. The molecule has 0 aromatic heterocycles. The Morgan fingerprint density at radius 3 is 2.64 bits per heavy atom. The van der Waals surface area contributed by atoms with Crippen LogP contribution in [-0.4, -0.2) is 34.3 Å². The minimum atomic E-state index is -0.518. The third kappa shape index (κ3) is 1.36. The van der Waals surface area contributed by atoms with Gasteiger partial charge in [0.25, 0.3) is 0 Å². The molecule has 1 fully saturated rings. The average Bonchev–Trinajstić information content (AvgIpc) is 2.30. The number of hydrogen-bond acceptors (Lipinski definition) is 4. The molecule has 7 nitrogen and oxygen atoms in total. The zero-order chi connectivity index (χ0) is 8.43. The fourth-order valence-corrected chi connectivity index (χ4v) is 1.04. The molecule has 0 aromatic rings. The molecule has 1 aliphatic heterocycles.